The van der Waals surface area contributed by atoms with E-state index in [1.54, 1.807) is 0 Å². The van der Waals surface area contributed by atoms with E-state index in [0.29, 0.717) is 23.4 Å². The maximum Gasteiger partial charge on any atom is 0.304 e. The van der Waals surface area contributed by atoms with Crippen molar-refractivity contribution >= 4 is 17.6 Å². The minimum Gasteiger partial charge on any atom is -0.481 e. The fraction of sp³-hybridized carbons (Fsp3) is 0.607. The molecule has 1 heterocycles. The second-order valence-corrected chi connectivity index (χ2v) is 11.1. The van der Waals surface area contributed by atoms with E-state index >= 15 is 0 Å². The fourth-order valence-electron chi connectivity index (χ4n) is 5.50. The number of aryl methyl sites for hydroxylation is 3. The Kier molecular flexibility index (Phi) is 7.15. The van der Waals surface area contributed by atoms with E-state index in [0.717, 1.165) is 59.7 Å². The zero-order valence-electron chi connectivity index (χ0n) is 21.1. The molecule has 0 spiro atoms. The Balaban J connectivity index is 1.52. The van der Waals surface area contributed by atoms with E-state index < -0.39 is 11.9 Å². The van der Waals surface area contributed by atoms with Crippen LogP contribution in [0, 0.1) is 32.6 Å². The third-order valence-corrected chi connectivity index (χ3v) is 7.53. The van der Waals surface area contributed by atoms with E-state index in [2.05, 4.69) is 30.4 Å². The molecule has 0 bridgehead atoms. The quantitative estimate of drug-likeness (QED) is 0.411. The molecule has 0 saturated heterocycles. The molecule has 184 valence electrons. The fourth-order valence-corrected chi connectivity index (χ4v) is 5.50. The molecule has 1 amide bonds. The number of carbonyl (C=O) groups is 2. The average molecular weight is 467 g/mol. The summed E-state index contributed by atoms with van der Waals surface area (Å²) in [6.45, 7) is 10.6. The van der Waals surface area contributed by atoms with Gasteiger partial charge in [0.25, 0.3) is 0 Å². The van der Waals surface area contributed by atoms with Crippen LogP contribution in [0.3, 0.4) is 0 Å². The normalized spacial score (nSPS) is 20.8. The van der Waals surface area contributed by atoms with Gasteiger partial charge in [-0.2, -0.15) is 0 Å². The van der Waals surface area contributed by atoms with E-state index in [1.807, 2.05) is 26.8 Å². The van der Waals surface area contributed by atoms with Gasteiger partial charge in [-0.05, 0) is 93.4 Å². The van der Waals surface area contributed by atoms with Crippen molar-refractivity contribution in [2.24, 2.45) is 11.8 Å². The van der Waals surface area contributed by atoms with Crippen LogP contribution in [0.1, 0.15) is 110 Å². The standard InChI is InChI=1S/C28H38N2O4/c1-15(2)8-19-11-22(12-19)28-26(20-6-7-20)27(30-34-28)21(14-25(32)33)13-24(31)29-23-10-17(4)16(3)9-18(23)5/h9-10,15,19-22H,6-8,11-14H2,1-5H3,(H,29,31)(H,32,33). The number of rotatable bonds is 10. The van der Waals surface area contributed by atoms with E-state index in [4.69, 9.17) is 4.52 Å². The van der Waals surface area contributed by atoms with Crippen LogP contribution in [0.25, 0.3) is 0 Å². The predicted molar refractivity (Wildman–Crippen MR) is 132 cm³/mol. The summed E-state index contributed by atoms with van der Waals surface area (Å²) in [6.07, 6.45) is 5.56. The number of nitrogens with zero attached hydrogens (tertiary/aromatic N) is 1. The van der Waals surface area contributed by atoms with Crippen LogP contribution in [0.5, 0.6) is 0 Å². The van der Waals surface area contributed by atoms with Crippen molar-refractivity contribution in [2.45, 2.75) is 97.3 Å². The van der Waals surface area contributed by atoms with Gasteiger partial charge in [-0.1, -0.05) is 25.1 Å². The Morgan fingerprint density at radius 3 is 2.35 bits per heavy atom. The van der Waals surface area contributed by atoms with Crippen LogP contribution in [-0.2, 0) is 9.59 Å². The van der Waals surface area contributed by atoms with Crippen LogP contribution >= 0.6 is 0 Å². The number of benzene rings is 1. The Morgan fingerprint density at radius 2 is 1.74 bits per heavy atom. The zero-order chi connectivity index (χ0) is 24.6. The molecule has 0 radical (unpaired) electrons. The number of nitrogens with one attached hydrogen (secondary N) is 1. The van der Waals surface area contributed by atoms with Gasteiger partial charge in [0.05, 0.1) is 12.1 Å². The number of hydrogen-bond acceptors (Lipinski definition) is 4. The maximum atomic E-state index is 13.0. The highest BCUT2D eigenvalue weighted by Gasteiger charge is 2.42. The Morgan fingerprint density at radius 1 is 1.06 bits per heavy atom. The van der Waals surface area contributed by atoms with E-state index in [9.17, 15) is 14.7 Å². The van der Waals surface area contributed by atoms with Crippen molar-refractivity contribution in [1.82, 2.24) is 5.16 Å². The molecule has 2 fully saturated rings. The molecule has 2 N–H and O–H groups in total. The highest BCUT2D eigenvalue weighted by molar-refractivity contribution is 5.92. The van der Waals surface area contributed by atoms with Crippen LogP contribution in [0.4, 0.5) is 5.69 Å². The first-order chi connectivity index (χ1) is 16.1. The number of carboxylic acid groups (broad SMARTS) is 1. The molecule has 1 unspecified atom stereocenters. The van der Waals surface area contributed by atoms with Crippen LogP contribution in [-0.4, -0.2) is 22.1 Å². The summed E-state index contributed by atoms with van der Waals surface area (Å²) in [5.74, 6) is 1.53. The molecule has 4 rings (SSSR count). The van der Waals surface area contributed by atoms with Gasteiger partial charge in [-0.15, -0.1) is 0 Å². The van der Waals surface area contributed by atoms with Gasteiger partial charge in [-0.3, -0.25) is 9.59 Å². The molecule has 34 heavy (non-hydrogen) atoms. The van der Waals surface area contributed by atoms with Gasteiger partial charge in [0, 0.05) is 29.5 Å². The third kappa shape index (κ3) is 5.53. The molecule has 2 aliphatic rings. The van der Waals surface area contributed by atoms with Gasteiger partial charge in [-0.25, -0.2) is 0 Å². The summed E-state index contributed by atoms with van der Waals surface area (Å²) >= 11 is 0. The second-order valence-electron chi connectivity index (χ2n) is 11.1. The first kappa shape index (κ1) is 24.5. The lowest BCUT2D eigenvalue weighted by molar-refractivity contribution is -0.137. The minimum atomic E-state index is -0.924. The Hall–Kier alpha value is -2.63. The molecular weight excluding hydrogens is 428 g/mol. The van der Waals surface area contributed by atoms with Gasteiger partial charge >= 0.3 is 5.97 Å². The number of carbonyl (C=O) groups excluding carboxylic acids is 1. The highest BCUT2D eigenvalue weighted by Crippen LogP contribution is 2.52. The summed E-state index contributed by atoms with van der Waals surface area (Å²) in [4.78, 5) is 24.7. The largest absolute Gasteiger partial charge is 0.481 e. The number of carboxylic acids is 1. The van der Waals surface area contributed by atoms with Gasteiger partial charge < -0.3 is 14.9 Å². The minimum absolute atomic E-state index is 0.0744. The molecule has 2 saturated carbocycles. The number of hydrogen-bond donors (Lipinski definition) is 2. The van der Waals surface area contributed by atoms with Crippen molar-refractivity contribution in [1.29, 1.82) is 0 Å². The summed E-state index contributed by atoms with van der Waals surface area (Å²) in [5.41, 5.74) is 5.85. The molecule has 1 atom stereocenters. The average Bonchev–Trinajstić information content (AvgIpc) is 3.46. The van der Waals surface area contributed by atoms with Crippen LogP contribution < -0.4 is 5.32 Å². The Bertz CT molecular complexity index is 1060. The SMILES string of the molecule is Cc1cc(C)c(NC(=O)CC(CC(=O)O)c2noc(C3CC(CC(C)C)C3)c2C2CC2)cc1C. The maximum absolute atomic E-state index is 13.0. The number of anilines is 1. The topological polar surface area (TPSA) is 92.4 Å². The third-order valence-electron chi connectivity index (χ3n) is 7.53. The molecule has 0 aliphatic heterocycles. The van der Waals surface area contributed by atoms with Crippen LogP contribution in [0.2, 0.25) is 0 Å². The zero-order valence-corrected chi connectivity index (χ0v) is 21.1. The van der Waals surface area contributed by atoms with Crippen molar-refractivity contribution in [2.75, 3.05) is 5.32 Å². The second kappa shape index (κ2) is 9.93. The van der Waals surface area contributed by atoms with Gasteiger partial charge in [0.15, 0.2) is 0 Å². The lowest BCUT2D eigenvalue weighted by atomic mass is 9.69. The Labute approximate surface area is 202 Å². The summed E-state index contributed by atoms with van der Waals surface area (Å²) in [5, 5.41) is 17.0. The van der Waals surface area contributed by atoms with Gasteiger partial charge in [0.1, 0.15) is 5.76 Å². The van der Waals surface area contributed by atoms with Crippen LogP contribution in [0.15, 0.2) is 16.7 Å². The predicted octanol–water partition coefficient (Wildman–Crippen LogP) is 6.60. The van der Waals surface area contributed by atoms with E-state index in [1.165, 1.54) is 12.0 Å². The monoisotopic (exact) mass is 466 g/mol. The highest BCUT2D eigenvalue weighted by atomic mass is 16.5. The van der Waals surface area contributed by atoms with Crippen molar-refractivity contribution in [3.05, 3.63) is 45.8 Å². The van der Waals surface area contributed by atoms with Gasteiger partial charge in [0.2, 0.25) is 5.91 Å². The summed E-state index contributed by atoms with van der Waals surface area (Å²) in [7, 11) is 0. The summed E-state index contributed by atoms with van der Waals surface area (Å²) in [6, 6.07) is 4.03. The molecule has 1 aromatic carbocycles. The lowest BCUT2D eigenvalue weighted by Crippen LogP contribution is -2.24. The van der Waals surface area contributed by atoms with E-state index in [-0.39, 0.29) is 18.7 Å². The van der Waals surface area contributed by atoms with Crippen molar-refractivity contribution in [3.63, 3.8) is 0 Å². The summed E-state index contributed by atoms with van der Waals surface area (Å²) < 4.78 is 5.89. The lowest BCUT2D eigenvalue weighted by Gasteiger charge is -2.35. The molecule has 6 heteroatoms. The molecular formula is C28H38N2O4. The number of aromatic nitrogens is 1. The molecule has 2 aromatic rings. The number of amides is 1. The first-order valence-electron chi connectivity index (χ1n) is 12.7. The van der Waals surface area contributed by atoms with Crippen molar-refractivity contribution < 1.29 is 19.2 Å². The molecule has 2 aliphatic carbocycles. The molecule has 6 nitrogen and oxygen atoms in total. The molecule has 1 aromatic heterocycles. The smallest absolute Gasteiger partial charge is 0.304 e. The number of aliphatic carboxylic acids is 1. The van der Waals surface area contributed by atoms with Crippen molar-refractivity contribution in [3.8, 4) is 0 Å². The first-order valence-corrected chi connectivity index (χ1v) is 12.7.